The molecule has 2 aromatic rings. The van der Waals surface area contributed by atoms with Gasteiger partial charge in [0.05, 0.1) is 11.1 Å². The molecular weight excluding hydrogens is 263 g/mol. The summed E-state index contributed by atoms with van der Waals surface area (Å²) in [7, 11) is 0. The molecule has 1 amide bonds. The lowest BCUT2D eigenvalue weighted by Gasteiger charge is -2.06. The first-order valence-electron chi connectivity index (χ1n) is 5.74. The second-order valence-electron chi connectivity index (χ2n) is 4.17. The Labute approximate surface area is 114 Å². The average molecular weight is 274 g/mol. The maximum Gasteiger partial charge on any atom is 0.337 e. The van der Waals surface area contributed by atoms with Crippen LogP contribution in [0.2, 0.25) is 0 Å². The van der Waals surface area contributed by atoms with Gasteiger partial charge in [0.15, 0.2) is 0 Å². The minimum absolute atomic E-state index is 0.00418. The highest BCUT2D eigenvalue weighted by molar-refractivity contribution is 6.04. The molecular formula is C14H11FN2O3. The van der Waals surface area contributed by atoms with Crippen molar-refractivity contribution in [2.45, 2.75) is 6.92 Å². The smallest absolute Gasteiger partial charge is 0.337 e. The van der Waals surface area contributed by atoms with E-state index in [0.29, 0.717) is 5.56 Å². The summed E-state index contributed by atoms with van der Waals surface area (Å²) in [5.74, 6) is -2.22. The number of hydrogen-bond acceptors (Lipinski definition) is 3. The van der Waals surface area contributed by atoms with E-state index in [1.807, 2.05) is 0 Å². The lowest BCUT2D eigenvalue weighted by atomic mass is 10.1. The number of amides is 1. The standard InChI is InChI=1S/C14H11FN2O3/c1-8-2-4-10(11(15)6-8)13(18)17-12-5-3-9(7-16-12)14(19)20/h2-7H,1H3,(H,19,20)(H,16,17,18). The van der Waals surface area contributed by atoms with Gasteiger partial charge in [-0.25, -0.2) is 14.2 Å². The fourth-order valence-electron chi connectivity index (χ4n) is 1.58. The van der Waals surface area contributed by atoms with Gasteiger partial charge in [0.1, 0.15) is 11.6 Å². The Bertz CT molecular complexity index is 669. The van der Waals surface area contributed by atoms with E-state index in [2.05, 4.69) is 10.3 Å². The Morgan fingerprint density at radius 2 is 2.00 bits per heavy atom. The number of nitrogens with one attached hydrogen (secondary N) is 1. The first kappa shape index (κ1) is 13.7. The fourth-order valence-corrected chi connectivity index (χ4v) is 1.58. The molecule has 0 spiro atoms. The van der Waals surface area contributed by atoms with Crippen LogP contribution in [0.15, 0.2) is 36.5 Å². The molecule has 0 aliphatic heterocycles. The molecule has 0 aliphatic rings. The highest BCUT2D eigenvalue weighted by Crippen LogP contribution is 2.12. The summed E-state index contributed by atoms with van der Waals surface area (Å²) in [4.78, 5) is 26.3. The predicted molar refractivity (Wildman–Crippen MR) is 70.3 cm³/mol. The van der Waals surface area contributed by atoms with E-state index in [1.54, 1.807) is 13.0 Å². The van der Waals surface area contributed by atoms with Crippen LogP contribution in [-0.4, -0.2) is 22.0 Å². The topological polar surface area (TPSA) is 79.3 Å². The highest BCUT2D eigenvalue weighted by Gasteiger charge is 2.12. The van der Waals surface area contributed by atoms with Crippen molar-refractivity contribution in [1.82, 2.24) is 4.98 Å². The third-order valence-electron chi connectivity index (χ3n) is 2.62. The Morgan fingerprint density at radius 3 is 2.55 bits per heavy atom. The van der Waals surface area contributed by atoms with Gasteiger partial charge in [0.2, 0.25) is 0 Å². The monoisotopic (exact) mass is 274 g/mol. The molecule has 1 aromatic heterocycles. The summed E-state index contributed by atoms with van der Waals surface area (Å²) >= 11 is 0. The van der Waals surface area contributed by atoms with Crippen molar-refractivity contribution in [1.29, 1.82) is 0 Å². The Hall–Kier alpha value is -2.76. The van der Waals surface area contributed by atoms with Gasteiger partial charge < -0.3 is 10.4 Å². The Morgan fingerprint density at radius 1 is 1.25 bits per heavy atom. The first-order valence-corrected chi connectivity index (χ1v) is 5.74. The van der Waals surface area contributed by atoms with Gasteiger partial charge in [0, 0.05) is 6.20 Å². The molecule has 5 nitrogen and oxygen atoms in total. The molecule has 0 atom stereocenters. The summed E-state index contributed by atoms with van der Waals surface area (Å²) in [6, 6.07) is 6.91. The highest BCUT2D eigenvalue weighted by atomic mass is 19.1. The predicted octanol–water partition coefficient (Wildman–Crippen LogP) is 2.48. The summed E-state index contributed by atoms with van der Waals surface area (Å²) < 4.78 is 13.6. The third kappa shape index (κ3) is 2.97. The number of aromatic carboxylic acids is 1. The number of carbonyl (C=O) groups is 2. The van der Waals surface area contributed by atoms with Gasteiger partial charge >= 0.3 is 5.97 Å². The molecule has 0 saturated carbocycles. The van der Waals surface area contributed by atoms with Crippen molar-refractivity contribution in [2.24, 2.45) is 0 Å². The van der Waals surface area contributed by atoms with Crippen LogP contribution in [0.3, 0.4) is 0 Å². The molecule has 2 N–H and O–H groups in total. The largest absolute Gasteiger partial charge is 0.478 e. The van der Waals surface area contributed by atoms with Crippen molar-refractivity contribution in [3.63, 3.8) is 0 Å². The molecule has 1 aromatic carbocycles. The summed E-state index contributed by atoms with van der Waals surface area (Å²) in [6.45, 7) is 1.72. The van der Waals surface area contributed by atoms with E-state index in [1.165, 1.54) is 24.3 Å². The fraction of sp³-hybridized carbons (Fsp3) is 0.0714. The number of carboxylic acids is 1. The molecule has 0 aliphatic carbocycles. The van der Waals surface area contributed by atoms with Crippen LogP contribution in [0.4, 0.5) is 10.2 Å². The maximum absolute atomic E-state index is 13.6. The number of nitrogens with zero attached hydrogens (tertiary/aromatic N) is 1. The molecule has 0 fully saturated rings. The van der Waals surface area contributed by atoms with Gasteiger partial charge in [-0.1, -0.05) is 6.07 Å². The van der Waals surface area contributed by atoms with Crippen molar-refractivity contribution in [3.8, 4) is 0 Å². The number of halogens is 1. The number of carbonyl (C=O) groups excluding carboxylic acids is 1. The second kappa shape index (κ2) is 5.48. The number of carboxylic acid groups (broad SMARTS) is 1. The van der Waals surface area contributed by atoms with E-state index in [0.717, 1.165) is 6.20 Å². The van der Waals surface area contributed by atoms with Gasteiger partial charge in [-0.05, 0) is 36.8 Å². The molecule has 0 bridgehead atoms. The van der Waals surface area contributed by atoms with E-state index in [-0.39, 0.29) is 16.9 Å². The molecule has 2 rings (SSSR count). The summed E-state index contributed by atoms with van der Waals surface area (Å²) in [5.41, 5.74) is 0.618. The van der Waals surface area contributed by atoms with Crippen molar-refractivity contribution in [3.05, 3.63) is 59.0 Å². The van der Waals surface area contributed by atoms with Crippen LogP contribution < -0.4 is 5.32 Å². The van der Waals surface area contributed by atoms with E-state index in [9.17, 15) is 14.0 Å². The van der Waals surface area contributed by atoms with Crippen LogP contribution >= 0.6 is 0 Å². The first-order chi connectivity index (χ1) is 9.47. The van der Waals surface area contributed by atoms with Crippen molar-refractivity contribution < 1.29 is 19.1 Å². The zero-order valence-electron chi connectivity index (χ0n) is 10.6. The van der Waals surface area contributed by atoms with E-state index < -0.39 is 17.7 Å². The zero-order chi connectivity index (χ0) is 14.7. The molecule has 6 heteroatoms. The minimum Gasteiger partial charge on any atom is -0.478 e. The second-order valence-corrected chi connectivity index (χ2v) is 4.17. The van der Waals surface area contributed by atoms with Crippen LogP contribution in [0, 0.1) is 12.7 Å². The number of benzene rings is 1. The van der Waals surface area contributed by atoms with Gasteiger partial charge in [-0.2, -0.15) is 0 Å². The molecule has 0 radical (unpaired) electrons. The lowest BCUT2D eigenvalue weighted by Crippen LogP contribution is -2.15. The third-order valence-corrected chi connectivity index (χ3v) is 2.62. The number of hydrogen-bond donors (Lipinski definition) is 2. The normalized spacial score (nSPS) is 10.1. The van der Waals surface area contributed by atoms with Gasteiger partial charge in [-0.15, -0.1) is 0 Å². The quantitative estimate of drug-likeness (QED) is 0.901. The number of aryl methyl sites for hydroxylation is 1. The van der Waals surface area contributed by atoms with Gasteiger partial charge in [0.25, 0.3) is 5.91 Å². The molecule has 0 saturated heterocycles. The number of aromatic nitrogens is 1. The number of pyridine rings is 1. The van der Waals surface area contributed by atoms with Crippen molar-refractivity contribution in [2.75, 3.05) is 5.32 Å². The van der Waals surface area contributed by atoms with Crippen LogP contribution in [0.1, 0.15) is 26.3 Å². The minimum atomic E-state index is -1.11. The number of anilines is 1. The van der Waals surface area contributed by atoms with Crippen LogP contribution in [-0.2, 0) is 0 Å². The average Bonchev–Trinajstić information content (AvgIpc) is 2.39. The van der Waals surface area contributed by atoms with Crippen LogP contribution in [0.25, 0.3) is 0 Å². The molecule has 1 heterocycles. The van der Waals surface area contributed by atoms with Crippen LogP contribution in [0.5, 0.6) is 0 Å². The maximum atomic E-state index is 13.6. The summed E-state index contributed by atoms with van der Waals surface area (Å²) in [5, 5.41) is 11.1. The molecule has 102 valence electrons. The summed E-state index contributed by atoms with van der Waals surface area (Å²) in [6.07, 6.45) is 1.11. The number of rotatable bonds is 3. The molecule has 0 unspecified atom stereocenters. The Balaban J connectivity index is 2.17. The molecule has 20 heavy (non-hydrogen) atoms. The van der Waals surface area contributed by atoms with Gasteiger partial charge in [-0.3, -0.25) is 4.79 Å². The zero-order valence-corrected chi connectivity index (χ0v) is 10.6. The van der Waals surface area contributed by atoms with Crippen molar-refractivity contribution >= 4 is 17.7 Å². The van der Waals surface area contributed by atoms with E-state index in [4.69, 9.17) is 5.11 Å². The Kier molecular flexibility index (Phi) is 3.74. The lowest BCUT2D eigenvalue weighted by molar-refractivity contribution is 0.0696. The SMILES string of the molecule is Cc1ccc(C(=O)Nc2ccc(C(=O)O)cn2)c(F)c1. The van der Waals surface area contributed by atoms with E-state index >= 15 is 0 Å².